The Morgan fingerprint density at radius 2 is 1.86 bits per heavy atom. The second-order valence-electron chi connectivity index (χ2n) is 7.69. The molecule has 0 aromatic heterocycles. The lowest BCUT2D eigenvalue weighted by molar-refractivity contribution is -0.384. The molecule has 188 valence electrons. The molecule has 0 spiro atoms. The standard InChI is InChI=1S/C25H17BrFN3O7/c1-36-21-11-15(10-20(26)22(21)37-13-14-4-2-7-18(8-14)30(34)35)9-19-23(31)28-25(33)29(24(19)32)17-6-3-5-16(27)12-17/h2-12H,13H2,1H3,(H,28,31,33)/b19-9+. The number of barbiturate groups is 1. The summed E-state index contributed by atoms with van der Waals surface area (Å²) in [6, 6.07) is 12.9. The van der Waals surface area contributed by atoms with Gasteiger partial charge in [-0.2, -0.15) is 0 Å². The third-order valence-electron chi connectivity index (χ3n) is 5.24. The summed E-state index contributed by atoms with van der Waals surface area (Å²) in [5.41, 5.74) is 0.447. The number of imide groups is 2. The first-order valence-corrected chi connectivity index (χ1v) is 11.4. The molecule has 0 unspecified atom stereocenters. The van der Waals surface area contributed by atoms with Crippen LogP contribution in [0.3, 0.4) is 0 Å². The van der Waals surface area contributed by atoms with Gasteiger partial charge < -0.3 is 9.47 Å². The fraction of sp³-hybridized carbons (Fsp3) is 0.0800. The van der Waals surface area contributed by atoms with Gasteiger partial charge in [-0.3, -0.25) is 25.0 Å². The maximum Gasteiger partial charge on any atom is 0.335 e. The molecule has 0 atom stereocenters. The van der Waals surface area contributed by atoms with E-state index in [4.69, 9.17) is 9.47 Å². The lowest BCUT2D eigenvalue weighted by atomic mass is 10.1. The monoisotopic (exact) mass is 569 g/mol. The van der Waals surface area contributed by atoms with Crippen LogP contribution >= 0.6 is 15.9 Å². The van der Waals surface area contributed by atoms with E-state index in [2.05, 4.69) is 21.2 Å². The zero-order chi connectivity index (χ0) is 26.7. The largest absolute Gasteiger partial charge is 0.493 e. The van der Waals surface area contributed by atoms with Crippen LogP contribution in [-0.4, -0.2) is 29.9 Å². The summed E-state index contributed by atoms with van der Waals surface area (Å²) in [6.45, 7) is 0.00265. The van der Waals surface area contributed by atoms with Crippen LogP contribution in [-0.2, 0) is 16.2 Å². The number of anilines is 1. The van der Waals surface area contributed by atoms with Gasteiger partial charge in [-0.05, 0) is 63.5 Å². The number of halogens is 2. The van der Waals surface area contributed by atoms with Crippen molar-refractivity contribution < 1.29 is 33.2 Å². The summed E-state index contributed by atoms with van der Waals surface area (Å²) in [5, 5.41) is 13.1. The van der Waals surface area contributed by atoms with Crippen molar-refractivity contribution in [3.05, 3.63) is 97.8 Å². The molecule has 3 aromatic rings. The molecule has 1 heterocycles. The first-order valence-electron chi connectivity index (χ1n) is 10.6. The van der Waals surface area contributed by atoms with Gasteiger partial charge >= 0.3 is 6.03 Å². The van der Waals surface area contributed by atoms with Gasteiger partial charge in [0.2, 0.25) is 0 Å². The first-order chi connectivity index (χ1) is 17.7. The second kappa shape index (κ2) is 10.6. The Hall–Kier alpha value is -4.58. The fourth-order valence-corrected chi connectivity index (χ4v) is 4.13. The van der Waals surface area contributed by atoms with E-state index in [9.17, 15) is 28.9 Å². The average Bonchev–Trinajstić information content (AvgIpc) is 2.85. The molecule has 4 amide bonds. The minimum Gasteiger partial charge on any atom is -0.493 e. The Morgan fingerprint density at radius 3 is 2.57 bits per heavy atom. The SMILES string of the molecule is COc1cc(/C=C2\C(=O)NC(=O)N(c3cccc(F)c3)C2=O)cc(Br)c1OCc1cccc([N+](=O)[O-])c1. The number of urea groups is 1. The molecule has 37 heavy (non-hydrogen) atoms. The molecule has 0 radical (unpaired) electrons. The average molecular weight is 570 g/mol. The van der Waals surface area contributed by atoms with Crippen molar-refractivity contribution in [1.82, 2.24) is 5.32 Å². The Morgan fingerprint density at radius 1 is 1.11 bits per heavy atom. The van der Waals surface area contributed by atoms with E-state index >= 15 is 0 Å². The summed E-state index contributed by atoms with van der Waals surface area (Å²) in [4.78, 5) is 49.0. The van der Waals surface area contributed by atoms with Gasteiger partial charge in [0.05, 0.1) is 22.2 Å². The Bertz CT molecular complexity index is 1470. The molecular formula is C25H17BrFN3O7. The third kappa shape index (κ3) is 5.48. The second-order valence-corrected chi connectivity index (χ2v) is 8.54. The van der Waals surface area contributed by atoms with Gasteiger partial charge in [-0.25, -0.2) is 14.1 Å². The predicted octanol–water partition coefficient (Wildman–Crippen LogP) is 4.75. The van der Waals surface area contributed by atoms with Crippen LogP contribution < -0.4 is 19.7 Å². The van der Waals surface area contributed by atoms with Gasteiger partial charge in [0.15, 0.2) is 11.5 Å². The van der Waals surface area contributed by atoms with Crippen molar-refractivity contribution in [2.45, 2.75) is 6.61 Å². The van der Waals surface area contributed by atoms with Crippen molar-refractivity contribution >= 4 is 51.2 Å². The maximum absolute atomic E-state index is 13.7. The van der Waals surface area contributed by atoms with Crippen LogP contribution in [0.5, 0.6) is 11.5 Å². The van der Waals surface area contributed by atoms with E-state index in [0.29, 0.717) is 20.5 Å². The number of ether oxygens (including phenoxy) is 2. The molecule has 3 aromatic carbocycles. The number of carbonyl (C=O) groups is 3. The number of carbonyl (C=O) groups excluding carboxylic acids is 3. The highest BCUT2D eigenvalue weighted by Crippen LogP contribution is 2.38. The zero-order valence-electron chi connectivity index (χ0n) is 19.1. The van der Waals surface area contributed by atoms with E-state index < -0.39 is 28.6 Å². The highest BCUT2D eigenvalue weighted by atomic mass is 79.9. The molecule has 1 aliphatic heterocycles. The molecule has 4 rings (SSSR count). The van der Waals surface area contributed by atoms with Crippen LogP contribution in [0.1, 0.15) is 11.1 Å². The maximum atomic E-state index is 13.7. The van der Waals surface area contributed by atoms with Crippen LogP contribution in [0, 0.1) is 15.9 Å². The van der Waals surface area contributed by atoms with Crippen molar-refractivity contribution in [2.24, 2.45) is 0 Å². The minimum absolute atomic E-state index is 0.00265. The fourth-order valence-electron chi connectivity index (χ4n) is 3.55. The van der Waals surface area contributed by atoms with Gasteiger partial charge in [0, 0.05) is 12.1 Å². The van der Waals surface area contributed by atoms with E-state index in [1.165, 1.54) is 43.5 Å². The number of nitrogens with one attached hydrogen (secondary N) is 1. The third-order valence-corrected chi connectivity index (χ3v) is 5.82. The van der Waals surface area contributed by atoms with Crippen LogP contribution in [0.15, 0.2) is 70.7 Å². The molecule has 10 nitrogen and oxygen atoms in total. The van der Waals surface area contributed by atoms with E-state index in [-0.39, 0.29) is 35.1 Å². The number of amides is 4. The number of hydrogen-bond donors (Lipinski definition) is 1. The number of nitrogens with zero attached hydrogens (tertiary/aromatic N) is 2. The number of rotatable bonds is 7. The van der Waals surface area contributed by atoms with Crippen molar-refractivity contribution in [3.63, 3.8) is 0 Å². The molecule has 12 heteroatoms. The Labute approximate surface area is 217 Å². The molecule has 0 bridgehead atoms. The summed E-state index contributed by atoms with van der Waals surface area (Å²) in [6.07, 6.45) is 1.26. The molecule has 1 aliphatic rings. The van der Waals surface area contributed by atoms with Crippen LogP contribution in [0.25, 0.3) is 6.08 Å². The van der Waals surface area contributed by atoms with Crippen molar-refractivity contribution in [2.75, 3.05) is 12.0 Å². The van der Waals surface area contributed by atoms with Crippen molar-refractivity contribution in [3.8, 4) is 11.5 Å². The van der Waals surface area contributed by atoms with Crippen molar-refractivity contribution in [1.29, 1.82) is 0 Å². The number of benzene rings is 3. The predicted molar refractivity (Wildman–Crippen MR) is 134 cm³/mol. The number of hydrogen-bond acceptors (Lipinski definition) is 7. The number of non-ortho nitro benzene ring substituents is 1. The Kier molecular flexibility index (Phi) is 7.30. The summed E-state index contributed by atoms with van der Waals surface area (Å²) in [7, 11) is 1.39. The topological polar surface area (TPSA) is 128 Å². The lowest BCUT2D eigenvalue weighted by Crippen LogP contribution is -2.54. The van der Waals surface area contributed by atoms with Gasteiger partial charge in [-0.15, -0.1) is 0 Å². The molecule has 1 fully saturated rings. The van der Waals surface area contributed by atoms with Gasteiger partial charge in [-0.1, -0.05) is 18.2 Å². The highest BCUT2D eigenvalue weighted by Gasteiger charge is 2.37. The quantitative estimate of drug-likeness (QED) is 0.188. The number of nitro benzene ring substituents is 1. The first kappa shape index (κ1) is 25.5. The molecular weight excluding hydrogens is 553 g/mol. The van der Waals surface area contributed by atoms with Crippen LogP contribution in [0.2, 0.25) is 0 Å². The smallest absolute Gasteiger partial charge is 0.335 e. The molecule has 1 N–H and O–H groups in total. The van der Waals surface area contributed by atoms with E-state index in [1.807, 2.05) is 0 Å². The highest BCUT2D eigenvalue weighted by molar-refractivity contribution is 9.10. The lowest BCUT2D eigenvalue weighted by Gasteiger charge is -2.26. The minimum atomic E-state index is -0.999. The summed E-state index contributed by atoms with van der Waals surface area (Å²) < 4.78 is 25.3. The summed E-state index contributed by atoms with van der Waals surface area (Å²) >= 11 is 3.38. The van der Waals surface area contributed by atoms with E-state index in [1.54, 1.807) is 18.2 Å². The number of nitro groups is 1. The van der Waals surface area contributed by atoms with Gasteiger partial charge in [0.1, 0.15) is 18.0 Å². The Balaban J connectivity index is 1.63. The van der Waals surface area contributed by atoms with E-state index in [0.717, 1.165) is 12.1 Å². The zero-order valence-corrected chi connectivity index (χ0v) is 20.7. The van der Waals surface area contributed by atoms with Crippen LogP contribution in [0.4, 0.5) is 20.6 Å². The van der Waals surface area contributed by atoms with Gasteiger partial charge in [0.25, 0.3) is 17.5 Å². The summed E-state index contributed by atoms with van der Waals surface area (Å²) in [5.74, 6) is -1.97. The molecule has 0 saturated carbocycles. The normalized spacial score (nSPS) is 14.5. The molecule has 1 saturated heterocycles. The number of methoxy groups -OCH3 is 1. The molecule has 0 aliphatic carbocycles.